The number of aromatic nitrogens is 2. The van der Waals surface area contributed by atoms with Crippen LogP contribution in [0, 0.1) is 0 Å². The van der Waals surface area contributed by atoms with Gasteiger partial charge in [-0.05, 0) is 30.8 Å². The molecule has 1 aromatic rings. The van der Waals surface area contributed by atoms with Crippen molar-refractivity contribution in [1.82, 2.24) is 14.5 Å². The largest absolute Gasteiger partial charge is 0.334 e. The number of rotatable bonds is 3. The van der Waals surface area contributed by atoms with Crippen LogP contribution in [0.25, 0.3) is 0 Å². The molecule has 6 heteroatoms. The van der Waals surface area contributed by atoms with Crippen molar-refractivity contribution in [1.29, 1.82) is 0 Å². The predicted octanol–water partition coefficient (Wildman–Crippen LogP) is 2.88. The fourth-order valence-electron chi connectivity index (χ4n) is 2.34. The lowest BCUT2D eigenvalue weighted by atomic mass is 10.1. The van der Waals surface area contributed by atoms with Crippen molar-refractivity contribution in [2.24, 2.45) is 0 Å². The Hall–Kier alpha value is -0.490. The van der Waals surface area contributed by atoms with E-state index in [2.05, 4.69) is 25.5 Å². The molecular weight excluding hydrogens is 314 g/mol. The highest BCUT2D eigenvalue weighted by Gasteiger charge is 2.28. The summed E-state index contributed by atoms with van der Waals surface area (Å²) in [5, 5.41) is 4.89. The Kier molecular flexibility index (Phi) is 5.12. The number of aryl methyl sites for hydroxylation is 1. The standard InChI is InChI=1S/C12H18BrN3OS/c1-2-10-11(18-15-14-10)12(17)16-7-5-3-4-6-9(16)8-13/h9H,2-8H2,1H3. The molecule has 2 heterocycles. The lowest BCUT2D eigenvalue weighted by Crippen LogP contribution is -2.41. The van der Waals surface area contributed by atoms with Gasteiger partial charge < -0.3 is 4.90 Å². The van der Waals surface area contributed by atoms with Gasteiger partial charge in [0.05, 0.1) is 5.69 Å². The number of halogens is 1. The molecule has 18 heavy (non-hydrogen) atoms. The SMILES string of the molecule is CCc1nnsc1C(=O)N1CCCCCC1CBr. The fourth-order valence-corrected chi connectivity index (χ4v) is 3.72. The second-order valence-corrected chi connectivity index (χ2v) is 5.96. The normalized spacial score (nSPS) is 20.8. The van der Waals surface area contributed by atoms with Gasteiger partial charge in [0.15, 0.2) is 0 Å². The molecule has 0 aliphatic carbocycles. The second kappa shape index (κ2) is 6.61. The molecule has 1 aliphatic heterocycles. The molecule has 0 N–H and O–H groups in total. The molecule has 1 aliphatic rings. The molecule has 0 spiro atoms. The summed E-state index contributed by atoms with van der Waals surface area (Å²) in [6, 6.07) is 0.312. The molecule has 1 unspecified atom stereocenters. The van der Waals surface area contributed by atoms with E-state index in [4.69, 9.17) is 0 Å². The minimum atomic E-state index is 0.119. The molecular formula is C12H18BrN3OS. The summed E-state index contributed by atoms with van der Waals surface area (Å²) in [5.41, 5.74) is 0.836. The van der Waals surface area contributed by atoms with Gasteiger partial charge in [-0.25, -0.2) is 0 Å². The minimum Gasteiger partial charge on any atom is -0.334 e. The van der Waals surface area contributed by atoms with Crippen molar-refractivity contribution in [3.05, 3.63) is 10.6 Å². The maximum absolute atomic E-state index is 12.6. The van der Waals surface area contributed by atoms with Crippen LogP contribution in [0.4, 0.5) is 0 Å². The zero-order valence-corrected chi connectivity index (χ0v) is 13.0. The Bertz CT molecular complexity index is 410. The van der Waals surface area contributed by atoms with Crippen molar-refractivity contribution in [2.75, 3.05) is 11.9 Å². The van der Waals surface area contributed by atoms with Crippen LogP contribution in [0.15, 0.2) is 0 Å². The fraction of sp³-hybridized carbons (Fsp3) is 0.750. The van der Waals surface area contributed by atoms with E-state index in [9.17, 15) is 4.79 Å². The monoisotopic (exact) mass is 331 g/mol. The van der Waals surface area contributed by atoms with Gasteiger partial charge in [0.2, 0.25) is 0 Å². The summed E-state index contributed by atoms with van der Waals surface area (Å²) in [7, 11) is 0. The van der Waals surface area contributed by atoms with E-state index < -0.39 is 0 Å². The first-order chi connectivity index (χ1) is 8.77. The summed E-state index contributed by atoms with van der Waals surface area (Å²) < 4.78 is 3.92. The first kappa shape index (κ1) is 13.9. The van der Waals surface area contributed by atoms with Gasteiger partial charge in [0.1, 0.15) is 4.88 Å². The number of likely N-dealkylation sites (tertiary alicyclic amines) is 1. The highest BCUT2D eigenvalue weighted by molar-refractivity contribution is 9.09. The molecule has 0 bridgehead atoms. The molecule has 0 aromatic carbocycles. The van der Waals surface area contributed by atoms with E-state index in [1.54, 1.807) is 0 Å². The van der Waals surface area contributed by atoms with E-state index in [0.717, 1.165) is 41.7 Å². The smallest absolute Gasteiger partial charge is 0.267 e. The van der Waals surface area contributed by atoms with Crippen molar-refractivity contribution < 1.29 is 4.79 Å². The maximum Gasteiger partial charge on any atom is 0.267 e. The molecule has 1 amide bonds. The third kappa shape index (κ3) is 2.91. The maximum atomic E-state index is 12.6. The van der Waals surface area contributed by atoms with Gasteiger partial charge in [-0.3, -0.25) is 4.79 Å². The lowest BCUT2D eigenvalue weighted by molar-refractivity contribution is 0.0706. The van der Waals surface area contributed by atoms with Crippen LogP contribution in [0.5, 0.6) is 0 Å². The predicted molar refractivity (Wildman–Crippen MR) is 76.4 cm³/mol. The van der Waals surface area contributed by atoms with Crippen LogP contribution >= 0.6 is 27.5 Å². The Labute approximate surface area is 120 Å². The Balaban J connectivity index is 2.20. The van der Waals surface area contributed by atoms with Crippen molar-refractivity contribution in [3.8, 4) is 0 Å². The number of alkyl halides is 1. The molecule has 0 radical (unpaired) electrons. The number of amides is 1. The summed E-state index contributed by atoms with van der Waals surface area (Å²) in [4.78, 5) is 15.3. The minimum absolute atomic E-state index is 0.119. The van der Waals surface area contributed by atoms with Gasteiger partial charge in [0.25, 0.3) is 5.91 Å². The zero-order valence-electron chi connectivity index (χ0n) is 10.6. The number of nitrogens with zero attached hydrogens (tertiary/aromatic N) is 3. The van der Waals surface area contributed by atoms with E-state index in [1.165, 1.54) is 24.4 Å². The average Bonchev–Trinajstić information content (AvgIpc) is 2.74. The summed E-state index contributed by atoms with van der Waals surface area (Å²) in [6.45, 7) is 2.87. The third-order valence-electron chi connectivity index (χ3n) is 3.40. The second-order valence-electron chi connectivity index (χ2n) is 4.56. The van der Waals surface area contributed by atoms with Crippen molar-refractivity contribution in [3.63, 3.8) is 0 Å². The van der Waals surface area contributed by atoms with E-state index in [1.807, 2.05) is 11.8 Å². The topological polar surface area (TPSA) is 46.1 Å². The van der Waals surface area contributed by atoms with Gasteiger partial charge in [-0.1, -0.05) is 40.2 Å². The first-order valence-corrected chi connectivity index (χ1v) is 8.35. The quantitative estimate of drug-likeness (QED) is 0.800. The van der Waals surface area contributed by atoms with Crippen LogP contribution in [0.1, 0.15) is 48.0 Å². The van der Waals surface area contributed by atoms with Gasteiger partial charge >= 0.3 is 0 Å². The van der Waals surface area contributed by atoms with Gasteiger partial charge in [0, 0.05) is 17.9 Å². The van der Waals surface area contributed by atoms with E-state index >= 15 is 0 Å². The molecule has 4 nitrogen and oxygen atoms in total. The number of hydrogen-bond acceptors (Lipinski definition) is 4. The Morgan fingerprint density at radius 1 is 1.50 bits per heavy atom. The van der Waals surface area contributed by atoms with Gasteiger partial charge in [-0.2, -0.15) is 0 Å². The number of carbonyl (C=O) groups is 1. The number of carbonyl (C=O) groups excluding carboxylic acids is 1. The molecule has 2 rings (SSSR count). The van der Waals surface area contributed by atoms with Crippen LogP contribution in [0.3, 0.4) is 0 Å². The Morgan fingerprint density at radius 3 is 3.06 bits per heavy atom. The Morgan fingerprint density at radius 2 is 2.33 bits per heavy atom. The average molecular weight is 332 g/mol. The van der Waals surface area contributed by atoms with Crippen LogP contribution < -0.4 is 0 Å². The van der Waals surface area contributed by atoms with E-state index in [0.29, 0.717) is 6.04 Å². The number of hydrogen-bond donors (Lipinski definition) is 0. The third-order valence-corrected chi connectivity index (χ3v) is 4.90. The van der Waals surface area contributed by atoms with Crippen LogP contribution in [-0.4, -0.2) is 38.3 Å². The molecule has 1 atom stereocenters. The first-order valence-electron chi connectivity index (χ1n) is 6.46. The van der Waals surface area contributed by atoms with Crippen molar-refractivity contribution >= 4 is 33.4 Å². The summed E-state index contributed by atoms with van der Waals surface area (Å²) in [6.07, 6.45) is 5.38. The van der Waals surface area contributed by atoms with E-state index in [-0.39, 0.29) is 5.91 Å². The highest BCUT2D eigenvalue weighted by atomic mass is 79.9. The van der Waals surface area contributed by atoms with Crippen LogP contribution in [-0.2, 0) is 6.42 Å². The molecule has 1 aromatic heterocycles. The molecule has 0 saturated carbocycles. The lowest BCUT2D eigenvalue weighted by Gasteiger charge is -2.28. The van der Waals surface area contributed by atoms with Crippen molar-refractivity contribution in [2.45, 2.75) is 45.1 Å². The zero-order chi connectivity index (χ0) is 13.0. The van der Waals surface area contributed by atoms with Crippen LogP contribution in [0.2, 0.25) is 0 Å². The molecule has 1 fully saturated rings. The summed E-state index contributed by atoms with van der Waals surface area (Å²) >= 11 is 4.76. The summed E-state index contributed by atoms with van der Waals surface area (Å²) in [5.74, 6) is 0.119. The molecule has 1 saturated heterocycles. The van der Waals surface area contributed by atoms with Gasteiger partial charge in [-0.15, -0.1) is 5.10 Å². The molecule has 100 valence electrons. The highest BCUT2D eigenvalue weighted by Crippen LogP contribution is 2.23.